The van der Waals surface area contributed by atoms with Crippen LogP contribution in [-0.2, 0) is 11.3 Å². The van der Waals surface area contributed by atoms with Gasteiger partial charge in [0.05, 0.1) is 12.0 Å². The standard InChI is InChI=1S/C28H37NO3/c1-18(2)20-7-11-25(12-8-20)32-27-5-3-4-21-14-19(6-13-26(21)27)17-29-23-9-10-24(29)16-22(15-23)28(30)31/h3-6,13-14,18,20,22-25H,7-12,15-17H2,1-2H3,(H,30,31). The molecule has 1 N–H and O–H groups in total. The lowest BCUT2D eigenvalue weighted by Gasteiger charge is -2.37. The fourth-order valence-corrected chi connectivity index (χ4v) is 6.50. The maximum atomic E-state index is 11.5. The number of carbonyl (C=O) groups is 1. The van der Waals surface area contributed by atoms with E-state index in [9.17, 15) is 9.90 Å². The van der Waals surface area contributed by atoms with Gasteiger partial charge in [-0.15, -0.1) is 0 Å². The molecule has 3 fully saturated rings. The van der Waals surface area contributed by atoms with Crippen molar-refractivity contribution in [1.29, 1.82) is 0 Å². The number of rotatable bonds is 6. The van der Waals surface area contributed by atoms with E-state index in [4.69, 9.17) is 4.74 Å². The third-order valence-corrected chi connectivity index (χ3v) is 8.46. The van der Waals surface area contributed by atoms with E-state index in [-0.39, 0.29) is 5.92 Å². The van der Waals surface area contributed by atoms with Crippen molar-refractivity contribution in [2.75, 3.05) is 0 Å². The van der Waals surface area contributed by atoms with Crippen molar-refractivity contribution in [2.24, 2.45) is 17.8 Å². The zero-order chi connectivity index (χ0) is 22.2. The van der Waals surface area contributed by atoms with Crippen LogP contribution in [0, 0.1) is 17.8 Å². The molecular weight excluding hydrogens is 398 g/mol. The molecule has 2 heterocycles. The molecule has 0 spiro atoms. The van der Waals surface area contributed by atoms with Crippen LogP contribution in [0.5, 0.6) is 5.75 Å². The van der Waals surface area contributed by atoms with E-state index in [1.54, 1.807) is 0 Å². The molecule has 0 radical (unpaired) electrons. The van der Waals surface area contributed by atoms with Gasteiger partial charge in [-0.2, -0.15) is 0 Å². The van der Waals surface area contributed by atoms with Crippen LogP contribution in [0.2, 0.25) is 0 Å². The number of ether oxygens (including phenoxy) is 1. The summed E-state index contributed by atoms with van der Waals surface area (Å²) in [4.78, 5) is 14.0. The van der Waals surface area contributed by atoms with E-state index < -0.39 is 5.97 Å². The van der Waals surface area contributed by atoms with Crippen LogP contribution in [0.3, 0.4) is 0 Å². The van der Waals surface area contributed by atoms with Crippen molar-refractivity contribution in [3.63, 3.8) is 0 Å². The van der Waals surface area contributed by atoms with Crippen LogP contribution in [0.15, 0.2) is 36.4 Å². The number of nitrogens with zero attached hydrogens (tertiary/aromatic N) is 1. The second-order valence-electron chi connectivity index (χ2n) is 10.8. The number of carboxylic acid groups (broad SMARTS) is 1. The summed E-state index contributed by atoms with van der Waals surface area (Å²) in [6, 6.07) is 14.0. The van der Waals surface area contributed by atoms with Gasteiger partial charge in [-0.25, -0.2) is 0 Å². The zero-order valence-corrected chi connectivity index (χ0v) is 19.5. The Labute approximate surface area is 191 Å². The predicted molar refractivity (Wildman–Crippen MR) is 128 cm³/mol. The number of carboxylic acids is 1. The molecule has 0 amide bonds. The Kier molecular flexibility index (Phi) is 6.16. The second kappa shape index (κ2) is 9.05. The van der Waals surface area contributed by atoms with Gasteiger partial charge in [0.2, 0.25) is 0 Å². The summed E-state index contributed by atoms with van der Waals surface area (Å²) in [5.74, 6) is 1.87. The molecule has 2 saturated heterocycles. The Bertz CT molecular complexity index is 948. The van der Waals surface area contributed by atoms with E-state index in [1.807, 2.05) is 0 Å². The average Bonchev–Trinajstić information content (AvgIpc) is 3.00. The van der Waals surface area contributed by atoms with Crippen LogP contribution in [0.1, 0.15) is 70.8 Å². The van der Waals surface area contributed by atoms with Crippen molar-refractivity contribution in [2.45, 2.75) is 89.9 Å². The Morgan fingerprint density at radius 1 is 1.03 bits per heavy atom. The minimum Gasteiger partial charge on any atom is -0.490 e. The van der Waals surface area contributed by atoms with Crippen LogP contribution in [0.25, 0.3) is 10.8 Å². The first-order valence-corrected chi connectivity index (χ1v) is 12.6. The van der Waals surface area contributed by atoms with Crippen molar-refractivity contribution < 1.29 is 14.6 Å². The fraction of sp³-hybridized carbons (Fsp3) is 0.607. The largest absolute Gasteiger partial charge is 0.490 e. The van der Waals surface area contributed by atoms with Crippen molar-refractivity contribution in [1.82, 2.24) is 4.90 Å². The quantitative estimate of drug-likeness (QED) is 0.582. The summed E-state index contributed by atoms with van der Waals surface area (Å²) in [6.45, 7) is 5.60. The summed E-state index contributed by atoms with van der Waals surface area (Å²) in [5, 5.41) is 11.9. The highest BCUT2D eigenvalue weighted by molar-refractivity contribution is 5.88. The first-order chi connectivity index (χ1) is 15.5. The molecule has 2 aliphatic heterocycles. The summed E-state index contributed by atoms with van der Waals surface area (Å²) in [7, 11) is 0. The first-order valence-electron chi connectivity index (χ1n) is 12.6. The molecule has 1 aliphatic carbocycles. The summed E-state index contributed by atoms with van der Waals surface area (Å²) < 4.78 is 6.50. The molecule has 4 nitrogen and oxygen atoms in total. The lowest BCUT2D eigenvalue weighted by molar-refractivity contribution is -0.144. The SMILES string of the molecule is CC(C)C1CCC(Oc2cccc3cc(CN4C5CCC4CC(C(=O)O)C5)ccc23)CC1. The number of aliphatic carboxylic acids is 1. The first kappa shape index (κ1) is 21.8. The highest BCUT2D eigenvalue weighted by Crippen LogP contribution is 2.40. The van der Waals surface area contributed by atoms with E-state index in [0.717, 1.165) is 62.7 Å². The molecule has 2 aromatic carbocycles. The number of piperidine rings is 1. The molecular formula is C28H37NO3. The normalized spacial score (nSPS) is 30.7. The molecule has 2 bridgehead atoms. The average molecular weight is 436 g/mol. The molecule has 2 aromatic rings. The molecule has 5 rings (SSSR count). The van der Waals surface area contributed by atoms with Gasteiger partial charge in [0.25, 0.3) is 0 Å². The zero-order valence-electron chi connectivity index (χ0n) is 19.5. The van der Waals surface area contributed by atoms with Gasteiger partial charge >= 0.3 is 5.97 Å². The van der Waals surface area contributed by atoms with Crippen molar-refractivity contribution in [3.8, 4) is 5.75 Å². The highest BCUT2D eigenvalue weighted by Gasteiger charge is 2.42. The van der Waals surface area contributed by atoms with Crippen LogP contribution < -0.4 is 4.74 Å². The molecule has 32 heavy (non-hydrogen) atoms. The third-order valence-electron chi connectivity index (χ3n) is 8.46. The predicted octanol–water partition coefficient (Wildman–Crippen LogP) is 6.26. The molecule has 0 aromatic heterocycles. The van der Waals surface area contributed by atoms with Gasteiger partial charge in [0, 0.05) is 24.0 Å². The Morgan fingerprint density at radius 2 is 1.75 bits per heavy atom. The van der Waals surface area contributed by atoms with Crippen LogP contribution in [-0.4, -0.2) is 34.2 Å². The summed E-state index contributed by atoms with van der Waals surface area (Å²) >= 11 is 0. The maximum Gasteiger partial charge on any atom is 0.306 e. The Hall–Kier alpha value is -2.07. The minimum absolute atomic E-state index is 0.157. The lowest BCUT2D eigenvalue weighted by atomic mass is 9.80. The summed E-state index contributed by atoms with van der Waals surface area (Å²) in [6.07, 6.45) is 9.08. The van der Waals surface area contributed by atoms with E-state index in [0.29, 0.717) is 18.2 Å². The van der Waals surface area contributed by atoms with Gasteiger partial charge in [-0.1, -0.05) is 38.1 Å². The van der Waals surface area contributed by atoms with Gasteiger partial charge < -0.3 is 9.84 Å². The number of benzene rings is 2. The monoisotopic (exact) mass is 435 g/mol. The molecule has 2 unspecified atom stereocenters. The third kappa shape index (κ3) is 4.39. The second-order valence-corrected chi connectivity index (χ2v) is 10.8. The van der Waals surface area contributed by atoms with Gasteiger partial charge in [0.1, 0.15) is 5.75 Å². The van der Waals surface area contributed by atoms with E-state index in [2.05, 4.69) is 55.1 Å². The molecule has 4 heteroatoms. The van der Waals surface area contributed by atoms with Crippen LogP contribution >= 0.6 is 0 Å². The van der Waals surface area contributed by atoms with Crippen molar-refractivity contribution >= 4 is 16.7 Å². The number of hydrogen-bond donors (Lipinski definition) is 1. The van der Waals surface area contributed by atoms with Gasteiger partial charge in [-0.05, 0) is 86.3 Å². The van der Waals surface area contributed by atoms with Crippen molar-refractivity contribution in [3.05, 3.63) is 42.0 Å². The number of hydrogen-bond acceptors (Lipinski definition) is 3. The van der Waals surface area contributed by atoms with E-state index in [1.165, 1.54) is 29.2 Å². The Morgan fingerprint density at radius 3 is 2.41 bits per heavy atom. The van der Waals surface area contributed by atoms with Gasteiger partial charge in [-0.3, -0.25) is 9.69 Å². The molecule has 3 aliphatic rings. The fourth-order valence-electron chi connectivity index (χ4n) is 6.50. The number of fused-ring (bicyclic) bond motifs is 3. The Balaban J connectivity index is 1.27. The van der Waals surface area contributed by atoms with Crippen LogP contribution in [0.4, 0.5) is 0 Å². The van der Waals surface area contributed by atoms with Gasteiger partial charge in [0.15, 0.2) is 0 Å². The summed E-state index contributed by atoms with van der Waals surface area (Å²) in [5.41, 5.74) is 1.32. The van der Waals surface area contributed by atoms with E-state index >= 15 is 0 Å². The topological polar surface area (TPSA) is 49.8 Å². The minimum atomic E-state index is -0.613. The molecule has 172 valence electrons. The molecule has 1 saturated carbocycles. The smallest absolute Gasteiger partial charge is 0.306 e. The highest BCUT2D eigenvalue weighted by atomic mass is 16.5. The lowest BCUT2D eigenvalue weighted by Crippen LogP contribution is -2.44. The molecule has 2 atom stereocenters. The maximum absolute atomic E-state index is 11.5.